The number of anilines is 3. The number of hydrogen-bond acceptors (Lipinski definition) is 8. The van der Waals surface area contributed by atoms with Crippen LogP contribution in [0.1, 0.15) is 24.8 Å². The fourth-order valence-corrected chi connectivity index (χ4v) is 2.82. The molecule has 0 aromatic carbocycles. The Hall–Kier alpha value is -1.93. The van der Waals surface area contributed by atoms with Gasteiger partial charge in [0.1, 0.15) is 0 Å². The van der Waals surface area contributed by atoms with Crippen molar-refractivity contribution >= 4 is 29.2 Å². The van der Waals surface area contributed by atoms with Gasteiger partial charge in [0.05, 0.1) is 6.04 Å². The molecule has 0 aliphatic rings. The van der Waals surface area contributed by atoms with Gasteiger partial charge in [-0.3, -0.25) is 5.43 Å². The van der Waals surface area contributed by atoms with Crippen LogP contribution in [0.3, 0.4) is 0 Å². The van der Waals surface area contributed by atoms with Gasteiger partial charge in [0.25, 0.3) is 0 Å². The van der Waals surface area contributed by atoms with E-state index in [4.69, 9.17) is 5.84 Å². The van der Waals surface area contributed by atoms with Gasteiger partial charge in [0.2, 0.25) is 17.8 Å². The van der Waals surface area contributed by atoms with Crippen LogP contribution in [0, 0.1) is 5.92 Å². The van der Waals surface area contributed by atoms with Gasteiger partial charge in [0.15, 0.2) is 0 Å². The first-order chi connectivity index (χ1) is 10.0. The molecule has 0 fully saturated rings. The molecule has 0 spiro atoms. The normalized spacial score (nSPS) is 12.3. The summed E-state index contributed by atoms with van der Waals surface area (Å²) >= 11 is 1.71. The summed E-state index contributed by atoms with van der Waals surface area (Å²) in [6, 6.07) is 4.30. The molecule has 0 aliphatic carbocycles. The van der Waals surface area contributed by atoms with E-state index in [-0.39, 0.29) is 6.04 Å². The maximum absolute atomic E-state index is 5.43. The van der Waals surface area contributed by atoms with Gasteiger partial charge in [-0.15, -0.1) is 11.3 Å². The third-order valence-electron chi connectivity index (χ3n) is 2.95. The van der Waals surface area contributed by atoms with E-state index < -0.39 is 0 Å². The zero-order valence-corrected chi connectivity index (χ0v) is 13.5. The molecule has 8 heteroatoms. The summed E-state index contributed by atoms with van der Waals surface area (Å²) < 4.78 is 0. The van der Waals surface area contributed by atoms with E-state index >= 15 is 0 Å². The Morgan fingerprint density at radius 1 is 1.19 bits per heavy atom. The molecule has 2 aromatic heterocycles. The molecule has 0 amide bonds. The second-order valence-corrected chi connectivity index (χ2v) is 6.18. The number of nitrogens with zero attached hydrogens (tertiary/aromatic N) is 4. The van der Waals surface area contributed by atoms with E-state index in [1.165, 1.54) is 4.88 Å². The molecule has 2 heterocycles. The van der Waals surface area contributed by atoms with Crippen molar-refractivity contribution in [2.24, 2.45) is 11.8 Å². The lowest BCUT2D eigenvalue weighted by molar-refractivity contribution is 0.549. The molecule has 1 atom stereocenters. The average Bonchev–Trinajstić information content (AvgIpc) is 2.97. The largest absolute Gasteiger partial charge is 0.347 e. The van der Waals surface area contributed by atoms with E-state index in [2.05, 4.69) is 51.0 Å². The van der Waals surface area contributed by atoms with Gasteiger partial charge in [-0.1, -0.05) is 19.9 Å². The summed E-state index contributed by atoms with van der Waals surface area (Å²) in [6.45, 7) is 4.32. The molecule has 0 aliphatic heterocycles. The van der Waals surface area contributed by atoms with Crippen molar-refractivity contribution in [2.45, 2.75) is 19.9 Å². The van der Waals surface area contributed by atoms with Crippen molar-refractivity contribution in [2.75, 3.05) is 29.7 Å². The third kappa shape index (κ3) is 3.79. The number of rotatable bonds is 6. The summed E-state index contributed by atoms with van der Waals surface area (Å²) in [7, 11) is 3.75. The van der Waals surface area contributed by atoms with E-state index in [0.29, 0.717) is 23.8 Å². The fraction of sp³-hybridized carbons (Fsp3) is 0.462. The minimum absolute atomic E-state index is 0.146. The lowest BCUT2D eigenvalue weighted by Gasteiger charge is -2.22. The number of thiophene rings is 1. The number of aromatic nitrogens is 3. The highest BCUT2D eigenvalue weighted by Crippen LogP contribution is 2.29. The second kappa shape index (κ2) is 6.68. The number of hydrazine groups is 1. The molecule has 0 bridgehead atoms. The Morgan fingerprint density at radius 2 is 1.90 bits per heavy atom. The van der Waals surface area contributed by atoms with Crippen LogP contribution < -0.4 is 21.5 Å². The fourth-order valence-electron chi connectivity index (χ4n) is 1.87. The summed E-state index contributed by atoms with van der Waals surface area (Å²) in [5, 5.41) is 5.44. The van der Waals surface area contributed by atoms with Crippen LogP contribution in [0.25, 0.3) is 0 Å². The summed E-state index contributed by atoms with van der Waals surface area (Å²) in [4.78, 5) is 15.9. The minimum Gasteiger partial charge on any atom is -0.347 e. The highest BCUT2D eigenvalue weighted by atomic mass is 32.1. The van der Waals surface area contributed by atoms with Gasteiger partial charge in [-0.05, 0) is 17.4 Å². The molecule has 0 saturated carbocycles. The third-order valence-corrected chi connectivity index (χ3v) is 3.91. The molecule has 4 N–H and O–H groups in total. The summed E-state index contributed by atoms with van der Waals surface area (Å²) in [5.74, 6) is 7.22. The van der Waals surface area contributed by atoms with Gasteiger partial charge >= 0.3 is 0 Å². The molecule has 1 unspecified atom stereocenters. The summed E-state index contributed by atoms with van der Waals surface area (Å²) in [5.41, 5.74) is 2.47. The van der Waals surface area contributed by atoms with Crippen molar-refractivity contribution in [3.8, 4) is 0 Å². The molecule has 21 heavy (non-hydrogen) atoms. The predicted molar refractivity (Wildman–Crippen MR) is 87.5 cm³/mol. The Kier molecular flexibility index (Phi) is 4.92. The number of nitrogens with two attached hydrogens (primary N) is 1. The van der Waals surface area contributed by atoms with Gasteiger partial charge in [-0.2, -0.15) is 15.0 Å². The van der Waals surface area contributed by atoms with Crippen LogP contribution in [0.2, 0.25) is 0 Å². The molecular formula is C13H21N7S. The first-order valence-electron chi connectivity index (χ1n) is 6.71. The van der Waals surface area contributed by atoms with Crippen LogP contribution in [-0.2, 0) is 0 Å². The summed E-state index contributed by atoms with van der Waals surface area (Å²) in [6.07, 6.45) is 0. The van der Waals surface area contributed by atoms with Crippen LogP contribution >= 0.6 is 11.3 Å². The molecule has 7 nitrogen and oxygen atoms in total. The van der Waals surface area contributed by atoms with Crippen molar-refractivity contribution in [1.82, 2.24) is 15.0 Å². The van der Waals surface area contributed by atoms with E-state index in [1.54, 1.807) is 11.3 Å². The maximum Gasteiger partial charge on any atom is 0.243 e. The molecule has 0 saturated heterocycles. The van der Waals surface area contributed by atoms with Crippen LogP contribution in [0.5, 0.6) is 0 Å². The first-order valence-corrected chi connectivity index (χ1v) is 7.59. The van der Waals surface area contributed by atoms with E-state index in [1.807, 2.05) is 25.1 Å². The Labute approximate surface area is 128 Å². The molecular weight excluding hydrogens is 286 g/mol. The van der Waals surface area contributed by atoms with Crippen LogP contribution in [-0.4, -0.2) is 29.0 Å². The van der Waals surface area contributed by atoms with Gasteiger partial charge in [-0.25, -0.2) is 5.84 Å². The Bertz CT molecular complexity index is 568. The van der Waals surface area contributed by atoms with Crippen LogP contribution in [0.4, 0.5) is 17.8 Å². The van der Waals surface area contributed by atoms with Gasteiger partial charge in [0, 0.05) is 19.0 Å². The van der Waals surface area contributed by atoms with E-state index in [9.17, 15) is 0 Å². The quantitative estimate of drug-likeness (QED) is 0.556. The standard InChI is InChI=1S/C13H21N7S/c1-8(2)10(9-6-5-7-21-9)15-11-16-12(19-14)18-13(17-11)20(3)4/h5-8,10H,14H2,1-4H3,(H2,15,16,17,18,19). The lowest BCUT2D eigenvalue weighted by Crippen LogP contribution is -2.22. The van der Waals surface area contributed by atoms with Crippen molar-refractivity contribution < 1.29 is 0 Å². The smallest absolute Gasteiger partial charge is 0.243 e. The molecule has 0 radical (unpaired) electrons. The monoisotopic (exact) mass is 307 g/mol. The first kappa shape index (κ1) is 15.5. The number of nitrogens with one attached hydrogen (secondary N) is 2. The highest BCUT2D eigenvalue weighted by Gasteiger charge is 2.19. The number of hydrogen-bond donors (Lipinski definition) is 3. The SMILES string of the molecule is CC(C)C(Nc1nc(NN)nc(N(C)C)n1)c1cccs1. The Morgan fingerprint density at radius 3 is 2.43 bits per heavy atom. The Balaban J connectivity index is 2.30. The van der Waals surface area contributed by atoms with Gasteiger partial charge < -0.3 is 10.2 Å². The average molecular weight is 307 g/mol. The van der Waals surface area contributed by atoms with Crippen molar-refractivity contribution in [3.05, 3.63) is 22.4 Å². The molecule has 114 valence electrons. The number of nitrogen functional groups attached to an aromatic ring is 1. The second-order valence-electron chi connectivity index (χ2n) is 5.20. The topological polar surface area (TPSA) is 92.0 Å². The lowest BCUT2D eigenvalue weighted by atomic mass is 10.0. The van der Waals surface area contributed by atoms with Crippen LogP contribution in [0.15, 0.2) is 17.5 Å². The van der Waals surface area contributed by atoms with Crippen molar-refractivity contribution in [3.63, 3.8) is 0 Å². The minimum atomic E-state index is 0.146. The van der Waals surface area contributed by atoms with E-state index in [0.717, 1.165) is 0 Å². The highest BCUT2D eigenvalue weighted by molar-refractivity contribution is 7.10. The molecule has 2 rings (SSSR count). The van der Waals surface area contributed by atoms with Crippen molar-refractivity contribution in [1.29, 1.82) is 0 Å². The zero-order chi connectivity index (χ0) is 15.4. The zero-order valence-electron chi connectivity index (χ0n) is 12.7. The molecule has 2 aromatic rings. The maximum atomic E-state index is 5.43. The predicted octanol–water partition coefficient (Wildman–Crippen LogP) is 2.09.